The van der Waals surface area contributed by atoms with Gasteiger partial charge in [0, 0.05) is 17.1 Å². The summed E-state index contributed by atoms with van der Waals surface area (Å²) in [6.45, 7) is 3.13. The lowest BCUT2D eigenvalue weighted by Gasteiger charge is -2.16. The highest BCUT2D eigenvalue weighted by Crippen LogP contribution is 2.21. The Bertz CT molecular complexity index is 368. The van der Waals surface area contributed by atoms with E-state index in [0.717, 1.165) is 10.0 Å². The maximum absolute atomic E-state index is 5.69. The number of halogens is 1. The summed E-state index contributed by atoms with van der Waals surface area (Å²) in [5.41, 5.74) is 8.06. The monoisotopic (exact) mass is 266 g/mol. The van der Waals surface area contributed by atoms with E-state index in [9.17, 15) is 0 Å². The molecule has 0 aromatic heterocycles. The minimum Gasteiger partial charge on any atom is -0.329 e. The summed E-state index contributed by atoms with van der Waals surface area (Å²) >= 11 is 3.50. The van der Waals surface area contributed by atoms with Crippen molar-refractivity contribution >= 4 is 15.9 Å². The minimum atomic E-state index is 0.123. The van der Waals surface area contributed by atoms with Gasteiger partial charge in [-0.2, -0.15) is 0 Å². The standard InChI is InChI=1S/C12H15BrN2/c1-3-6-15-12(8-14)10-5-4-9(2)11(13)7-10/h1,4-5,7,12,15H,6,8,14H2,2H3. The highest BCUT2D eigenvalue weighted by atomic mass is 79.9. The third-order valence-corrected chi connectivity index (χ3v) is 3.14. The molecule has 1 rings (SSSR count). The molecular weight excluding hydrogens is 252 g/mol. The molecule has 15 heavy (non-hydrogen) atoms. The van der Waals surface area contributed by atoms with Crippen molar-refractivity contribution < 1.29 is 0 Å². The van der Waals surface area contributed by atoms with Crippen molar-refractivity contribution in [3.8, 4) is 12.3 Å². The average molecular weight is 267 g/mol. The Balaban J connectivity index is 2.83. The second kappa shape index (κ2) is 5.92. The first-order valence-electron chi connectivity index (χ1n) is 4.82. The van der Waals surface area contributed by atoms with Gasteiger partial charge in [0.05, 0.1) is 6.54 Å². The lowest BCUT2D eigenvalue weighted by atomic mass is 10.1. The van der Waals surface area contributed by atoms with Crippen LogP contribution in [0.25, 0.3) is 0 Å². The van der Waals surface area contributed by atoms with Crippen LogP contribution in [0, 0.1) is 19.3 Å². The van der Waals surface area contributed by atoms with Crippen molar-refractivity contribution in [2.24, 2.45) is 5.73 Å². The van der Waals surface area contributed by atoms with Crippen molar-refractivity contribution in [3.63, 3.8) is 0 Å². The molecule has 0 heterocycles. The molecule has 2 nitrogen and oxygen atoms in total. The number of hydrogen-bond acceptors (Lipinski definition) is 2. The maximum atomic E-state index is 5.69. The fourth-order valence-corrected chi connectivity index (χ4v) is 1.74. The minimum absolute atomic E-state index is 0.123. The third kappa shape index (κ3) is 3.35. The maximum Gasteiger partial charge on any atom is 0.0578 e. The molecule has 0 bridgehead atoms. The predicted octanol–water partition coefficient (Wildman–Crippen LogP) is 1.98. The SMILES string of the molecule is C#CCNC(CN)c1ccc(C)c(Br)c1. The predicted molar refractivity (Wildman–Crippen MR) is 67.5 cm³/mol. The van der Waals surface area contributed by atoms with Crippen LogP contribution in [0.3, 0.4) is 0 Å². The molecule has 0 spiro atoms. The van der Waals surface area contributed by atoms with Gasteiger partial charge in [-0.05, 0) is 24.1 Å². The lowest BCUT2D eigenvalue weighted by molar-refractivity contribution is 0.582. The molecule has 1 aromatic carbocycles. The summed E-state index contributed by atoms with van der Waals surface area (Å²) in [6, 6.07) is 6.34. The van der Waals surface area contributed by atoms with Crippen LogP contribution in [0.2, 0.25) is 0 Å². The van der Waals surface area contributed by atoms with Gasteiger partial charge in [0.15, 0.2) is 0 Å². The first-order valence-corrected chi connectivity index (χ1v) is 5.61. The number of rotatable bonds is 4. The van der Waals surface area contributed by atoms with Crippen LogP contribution in [0.5, 0.6) is 0 Å². The topological polar surface area (TPSA) is 38.0 Å². The number of nitrogens with two attached hydrogens (primary N) is 1. The van der Waals surface area contributed by atoms with Crippen LogP contribution in [-0.2, 0) is 0 Å². The average Bonchev–Trinajstić information content (AvgIpc) is 2.24. The van der Waals surface area contributed by atoms with Gasteiger partial charge in [-0.3, -0.25) is 5.32 Å². The Kier molecular flexibility index (Phi) is 4.83. The van der Waals surface area contributed by atoms with Gasteiger partial charge in [-0.25, -0.2) is 0 Å². The Morgan fingerprint density at radius 1 is 1.60 bits per heavy atom. The summed E-state index contributed by atoms with van der Waals surface area (Å²) in [5, 5.41) is 3.20. The van der Waals surface area contributed by atoms with Crippen LogP contribution in [0.15, 0.2) is 22.7 Å². The third-order valence-electron chi connectivity index (χ3n) is 2.28. The fourth-order valence-electron chi connectivity index (χ4n) is 1.35. The van der Waals surface area contributed by atoms with E-state index in [2.05, 4.69) is 52.3 Å². The van der Waals surface area contributed by atoms with E-state index in [1.54, 1.807) is 0 Å². The Labute approximate surface area is 99.4 Å². The molecule has 0 aliphatic heterocycles. The number of hydrogen-bond donors (Lipinski definition) is 2. The molecule has 0 aliphatic carbocycles. The summed E-state index contributed by atoms with van der Waals surface area (Å²) in [4.78, 5) is 0. The largest absolute Gasteiger partial charge is 0.329 e. The molecule has 0 fully saturated rings. The lowest BCUT2D eigenvalue weighted by Crippen LogP contribution is -2.28. The van der Waals surface area contributed by atoms with E-state index < -0.39 is 0 Å². The fraction of sp³-hybridized carbons (Fsp3) is 0.333. The molecule has 0 saturated carbocycles. The molecule has 0 amide bonds. The Morgan fingerprint density at radius 2 is 2.33 bits per heavy atom. The smallest absolute Gasteiger partial charge is 0.0578 e. The van der Waals surface area contributed by atoms with Crippen LogP contribution in [-0.4, -0.2) is 13.1 Å². The second-order valence-electron chi connectivity index (χ2n) is 3.38. The zero-order valence-electron chi connectivity index (χ0n) is 8.76. The van der Waals surface area contributed by atoms with E-state index in [0.29, 0.717) is 13.1 Å². The summed E-state index contributed by atoms with van der Waals surface area (Å²) < 4.78 is 1.10. The second-order valence-corrected chi connectivity index (χ2v) is 4.24. The quantitative estimate of drug-likeness (QED) is 0.819. The van der Waals surface area contributed by atoms with Crippen LogP contribution in [0.1, 0.15) is 17.2 Å². The molecular formula is C12H15BrN2. The van der Waals surface area contributed by atoms with E-state index in [1.807, 2.05) is 0 Å². The number of terminal acetylenes is 1. The Hall–Kier alpha value is -0.820. The number of aryl methyl sites for hydroxylation is 1. The molecule has 80 valence electrons. The molecule has 1 atom stereocenters. The molecule has 3 heteroatoms. The highest BCUT2D eigenvalue weighted by molar-refractivity contribution is 9.10. The van der Waals surface area contributed by atoms with Gasteiger partial charge in [0.1, 0.15) is 0 Å². The summed E-state index contributed by atoms with van der Waals surface area (Å²) in [7, 11) is 0. The zero-order valence-corrected chi connectivity index (χ0v) is 10.3. The number of nitrogens with one attached hydrogen (secondary N) is 1. The van der Waals surface area contributed by atoms with E-state index in [-0.39, 0.29) is 6.04 Å². The van der Waals surface area contributed by atoms with Crippen LogP contribution < -0.4 is 11.1 Å². The molecule has 1 aromatic rings. The molecule has 0 saturated heterocycles. The van der Waals surface area contributed by atoms with Crippen molar-refractivity contribution in [1.82, 2.24) is 5.32 Å². The van der Waals surface area contributed by atoms with Gasteiger partial charge < -0.3 is 5.73 Å². The van der Waals surface area contributed by atoms with Gasteiger partial charge in [-0.1, -0.05) is 34.0 Å². The first kappa shape index (κ1) is 12.3. The summed E-state index contributed by atoms with van der Waals surface area (Å²) in [5.74, 6) is 2.55. The first-order chi connectivity index (χ1) is 7.19. The van der Waals surface area contributed by atoms with Gasteiger partial charge in [-0.15, -0.1) is 6.42 Å². The Morgan fingerprint density at radius 3 is 2.87 bits per heavy atom. The van der Waals surface area contributed by atoms with Gasteiger partial charge in [0.25, 0.3) is 0 Å². The normalized spacial score (nSPS) is 12.1. The van der Waals surface area contributed by atoms with Gasteiger partial charge >= 0.3 is 0 Å². The van der Waals surface area contributed by atoms with Crippen molar-refractivity contribution in [3.05, 3.63) is 33.8 Å². The van der Waals surface area contributed by atoms with Crippen molar-refractivity contribution in [1.29, 1.82) is 0 Å². The van der Waals surface area contributed by atoms with E-state index in [4.69, 9.17) is 12.2 Å². The van der Waals surface area contributed by atoms with E-state index >= 15 is 0 Å². The number of benzene rings is 1. The van der Waals surface area contributed by atoms with Gasteiger partial charge in [0.2, 0.25) is 0 Å². The molecule has 3 N–H and O–H groups in total. The summed E-state index contributed by atoms with van der Waals surface area (Å²) in [6.07, 6.45) is 5.20. The van der Waals surface area contributed by atoms with E-state index in [1.165, 1.54) is 5.56 Å². The van der Waals surface area contributed by atoms with Crippen molar-refractivity contribution in [2.45, 2.75) is 13.0 Å². The van der Waals surface area contributed by atoms with Crippen molar-refractivity contribution in [2.75, 3.05) is 13.1 Å². The molecule has 0 aliphatic rings. The molecule has 1 unspecified atom stereocenters. The molecule has 0 radical (unpaired) electrons. The highest BCUT2D eigenvalue weighted by Gasteiger charge is 2.08. The van der Waals surface area contributed by atoms with Crippen LogP contribution >= 0.6 is 15.9 Å². The van der Waals surface area contributed by atoms with Crippen LogP contribution in [0.4, 0.5) is 0 Å². The zero-order chi connectivity index (χ0) is 11.3.